The van der Waals surface area contributed by atoms with E-state index in [4.69, 9.17) is 27.9 Å². The molecule has 0 unspecified atom stereocenters. The van der Waals surface area contributed by atoms with Gasteiger partial charge in [-0.3, -0.25) is 9.69 Å². The summed E-state index contributed by atoms with van der Waals surface area (Å²) in [4.78, 5) is 14.2. The molecule has 0 N–H and O–H groups in total. The van der Waals surface area contributed by atoms with Crippen LogP contribution in [0.2, 0.25) is 10.0 Å². The van der Waals surface area contributed by atoms with E-state index >= 15 is 0 Å². The first kappa shape index (κ1) is 20.1. The molecule has 1 amide bonds. The van der Waals surface area contributed by atoms with Gasteiger partial charge in [0.2, 0.25) is 5.91 Å². The summed E-state index contributed by atoms with van der Waals surface area (Å²) in [6.45, 7) is 0.285. The number of hydrogen-bond donors (Lipinski definition) is 0. The molecule has 29 heavy (non-hydrogen) atoms. The lowest BCUT2D eigenvalue weighted by Crippen LogP contribution is -2.27. The van der Waals surface area contributed by atoms with Gasteiger partial charge in [-0.05, 0) is 59.7 Å². The molecule has 1 heterocycles. The Morgan fingerprint density at radius 2 is 1.76 bits per heavy atom. The number of halogens is 3. The van der Waals surface area contributed by atoms with E-state index < -0.39 is 0 Å². The van der Waals surface area contributed by atoms with Crippen LogP contribution in [0.25, 0.3) is 0 Å². The Labute approximate surface area is 182 Å². The number of thioether (sulfide) groups is 1. The smallest absolute Gasteiger partial charge is 0.238 e. The summed E-state index contributed by atoms with van der Waals surface area (Å²) >= 11 is 13.9. The second-order valence-electron chi connectivity index (χ2n) is 6.51. The van der Waals surface area contributed by atoms with Crippen LogP contribution in [-0.4, -0.2) is 11.7 Å². The van der Waals surface area contributed by atoms with Crippen molar-refractivity contribution in [2.24, 2.45) is 0 Å². The van der Waals surface area contributed by atoms with Crippen LogP contribution in [0.15, 0.2) is 66.7 Å². The van der Waals surface area contributed by atoms with E-state index in [2.05, 4.69) is 0 Å². The van der Waals surface area contributed by atoms with Crippen molar-refractivity contribution in [1.82, 2.24) is 0 Å². The Bertz CT molecular complexity index is 1030. The van der Waals surface area contributed by atoms with Crippen molar-refractivity contribution in [3.8, 4) is 5.75 Å². The van der Waals surface area contributed by atoms with E-state index in [9.17, 15) is 9.18 Å². The van der Waals surface area contributed by atoms with Crippen molar-refractivity contribution in [1.29, 1.82) is 0 Å². The van der Waals surface area contributed by atoms with E-state index in [1.165, 1.54) is 12.1 Å². The maximum atomic E-state index is 13.0. The molecule has 3 aromatic rings. The number of rotatable bonds is 5. The van der Waals surface area contributed by atoms with Crippen LogP contribution in [0, 0.1) is 5.82 Å². The van der Waals surface area contributed by atoms with Crippen LogP contribution < -0.4 is 9.64 Å². The SMILES string of the molecule is O=C1CS[C@H](c2ccc(OCc3ccc(F)cc3)c(Cl)c2)N1c1ccc(Cl)cc1. The summed E-state index contributed by atoms with van der Waals surface area (Å²) in [5, 5.41) is 0.906. The molecule has 1 aliphatic heterocycles. The maximum Gasteiger partial charge on any atom is 0.238 e. The summed E-state index contributed by atoms with van der Waals surface area (Å²) in [7, 11) is 0. The second kappa shape index (κ2) is 8.66. The molecule has 0 saturated carbocycles. The largest absolute Gasteiger partial charge is 0.487 e. The van der Waals surface area contributed by atoms with Crippen molar-refractivity contribution >= 4 is 46.6 Å². The topological polar surface area (TPSA) is 29.5 Å². The van der Waals surface area contributed by atoms with Crippen molar-refractivity contribution < 1.29 is 13.9 Å². The van der Waals surface area contributed by atoms with Gasteiger partial charge in [-0.2, -0.15) is 0 Å². The molecule has 4 rings (SSSR count). The quantitative estimate of drug-likeness (QED) is 0.447. The summed E-state index contributed by atoms with van der Waals surface area (Å²) in [6.07, 6.45) is 0. The van der Waals surface area contributed by atoms with Gasteiger partial charge in [-0.25, -0.2) is 4.39 Å². The highest BCUT2D eigenvalue weighted by atomic mass is 35.5. The molecule has 1 saturated heterocycles. The maximum absolute atomic E-state index is 13.0. The number of nitrogens with zero attached hydrogens (tertiary/aromatic N) is 1. The van der Waals surface area contributed by atoms with Crippen LogP contribution in [0.4, 0.5) is 10.1 Å². The zero-order chi connectivity index (χ0) is 20.4. The second-order valence-corrected chi connectivity index (χ2v) is 8.42. The monoisotopic (exact) mass is 447 g/mol. The minimum absolute atomic E-state index is 0.0371. The molecular weight excluding hydrogens is 432 g/mol. The highest BCUT2D eigenvalue weighted by Gasteiger charge is 2.34. The molecule has 1 aliphatic rings. The van der Waals surface area contributed by atoms with Crippen LogP contribution in [0.3, 0.4) is 0 Å². The van der Waals surface area contributed by atoms with Crippen LogP contribution in [-0.2, 0) is 11.4 Å². The zero-order valence-corrected chi connectivity index (χ0v) is 17.5. The van der Waals surface area contributed by atoms with Crippen LogP contribution in [0.1, 0.15) is 16.5 Å². The van der Waals surface area contributed by atoms with Gasteiger partial charge < -0.3 is 4.74 Å². The van der Waals surface area contributed by atoms with E-state index in [1.54, 1.807) is 47.0 Å². The Kier molecular flexibility index (Phi) is 5.99. The number of carbonyl (C=O) groups is 1. The molecule has 7 heteroatoms. The van der Waals surface area contributed by atoms with Crippen molar-refractivity contribution in [3.63, 3.8) is 0 Å². The van der Waals surface area contributed by atoms with Gasteiger partial charge in [0.1, 0.15) is 23.5 Å². The first-order valence-electron chi connectivity index (χ1n) is 8.87. The summed E-state index contributed by atoms with van der Waals surface area (Å²) in [6, 6.07) is 18.8. The fraction of sp³-hybridized carbons (Fsp3) is 0.136. The molecule has 3 nitrogen and oxygen atoms in total. The minimum atomic E-state index is -0.287. The fourth-order valence-electron chi connectivity index (χ4n) is 3.08. The Morgan fingerprint density at radius 1 is 1.03 bits per heavy atom. The summed E-state index contributed by atoms with van der Waals surface area (Å²) in [5.74, 6) is 0.681. The molecule has 3 aromatic carbocycles. The number of hydrogen-bond acceptors (Lipinski definition) is 3. The molecule has 1 atom stereocenters. The van der Waals surface area contributed by atoms with Gasteiger partial charge in [0, 0.05) is 10.7 Å². The third-order valence-electron chi connectivity index (χ3n) is 4.52. The number of benzene rings is 3. The van der Waals surface area contributed by atoms with Gasteiger partial charge in [-0.15, -0.1) is 11.8 Å². The Balaban J connectivity index is 1.52. The normalized spacial score (nSPS) is 16.3. The van der Waals surface area contributed by atoms with E-state index in [1.807, 2.05) is 24.3 Å². The standard InChI is InChI=1S/C22H16Cl2FNO2S/c23-16-4-8-18(9-5-16)26-21(27)13-29-22(26)15-3-10-20(19(24)11-15)28-12-14-1-6-17(25)7-2-14/h1-11,22H,12-13H2/t22-/m1/s1. The number of amides is 1. The highest BCUT2D eigenvalue weighted by molar-refractivity contribution is 8.00. The van der Waals surface area contributed by atoms with Gasteiger partial charge in [-0.1, -0.05) is 41.4 Å². The minimum Gasteiger partial charge on any atom is -0.487 e. The van der Waals surface area contributed by atoms with E-state index in [0.717, 1.165) is 16.8 Å². The first-order valence-corrected chi connectivity index (χ1v) is 10.7. The van der Waals surface area contributed by atoms with Crippen molar-refractivity contribution in [2.75, 3.05) is 10.7 Å². The predicted molar refractivity (Wildman–Crippen MR) is 116 cm³/mol. The molecule has 0 bridgehead atoms. The molecular formula is C22H16Cl2FNO2S. The Hall–Kier alpha value is -2.21. The third kappa shape index (κ3) is 4.53. The Morgan fingerprint density at radius 3 is 2.45 bits per heavy atom. The average Bonchev–Trinajstić information content (AvgIpc) is 3.10. The summed E-state index contributed by atoms with van der Waals surface area (Å²) in [5.41, 5.74) is 2.55. The molecule has 0 radical (unpaired) electrons. The van der Waals surface area contributed by atoms with E-state index in [0.29, 0.717) is 21.5 Å². The lowest BCUT2D eigenvalue weighted by Gasteiger charge is -2.25. The zero-order valence-electron chi connectivity index (χ0n) is 15.1. The lowest BCUT2D eigenvalue weighted by atomic mass is 10.1. The molecule has 0 spiro atoms. The van der Waals surface area contributed by atoms with Crippen molar-refractivity contribution in [3.05, 3.63) is 93.7 Å². The van der Waals surface area contributed by atoms with E-state index in [-0.39, 0.29) is 23.7 Å². The van der Waals surface area contributed by atoms with Crippen LogP contribution in [0.5, 0.6) is 5.75 Å². The number of ether oxygens (including phenoxy) is 1. The number of anilines is 1. The third-order valence-corrected chi connectivity index (χ3v) is 6.28. The van der Waals surface area contributed by atoms with Crippen LogP contribution >= 0.6 is 35.0 Å². The number of carbonyl (C=O) groups excluding carboxylic acids is 1. The van der Waals surface area contributed by atoms with Crippen molar-refractivity contribution in [2.45, 2.75) is 12.0 Å². The van der Waals surface area contributed by atoms with Gasteiger partial charge in [0.15, 0.2) is 0 Å². The summed E-state index contributed by atoms with van der Waals surface area (Å²) < 4.78 is 18.8. The lowest BCUT2D eigenvalue weighted by molar-refractivity contribution is -0.115. The average molecular weight is 448 g/mol. The van der Waals surface area contributed by atoms with Gasteiger partial charge in [0.05, 0.1) is 10.8 Å². The fourth-order valence-corrected chi connectivity index (χ4v) is 4.62. The molecule has 0 aromatic heterocycles. The molecule has 1 fully saturated rings. The van der Waals surface area contributed by atoms with Gasteiger partial charge in [0.25, 0.3) is 0 Å². The first-order chi connectivity index (χ1) is 14.0. The predicted octanol–water partition coefficient (Wildman–Crippen LogP) is 6.49. The molecule has 0 aliphatic carbocycles. The van der Waals surface area contributed by atoms with Gasteiger partial charge >= 0.3 is 0 Å². The molecule has 148 valence electrons. The highest BCUT2D eigenvalue weighted by Crippen LogP contribution is 2.43.